The zero-order chi connectivity index (χ0) is 8.49. The second-order valence-corrected chi connectivity index (χ2v) is 2.15. The SMILES string of the molecule is C.[Br-].[Br-].[Br-].[Br-].[Sn+2].[Sn+2].[c]1ccccc1.[c]1ccccc1. The van der Waals surface area contributed by atoms with E-state index in [4.69, 9.17) is 0 Å². The molecule has 0 fully saturated rings. The van der Waals surface area contributed by atoms with Gasteiger partial charge in [-0.15, -0.1) is 0 Å². The van der Waals surface area contributed by atoms with E-state index in [0.717, 1.165) is 0 Å². The molecule has 0 N–H and O–H groups in total. The molecule has 19 heavy (non-hydrogen) atoms. The fraction of sp³-hybridized carbons (Fsp3) is 0.0769. The van der Waals surface area contributed by atoms with Crippen LogP contribution in [0.2, 0.25) is 0 Å². The largest absolute Gasteiger partial charge is 2.00 e. The number of hydrogen-bond donors (Lipinski definition) is 0. The maximum Gasteiger partial charge on any atom is 2.00 e. The zero-order valence-corrected chi connectivity index (χ0v) is 21.3. The normalized spacial score (nSPS) is 5.05. The second kappa shape index (κ2) is 36.8. The summed E-state index contributed by atoms with van der Waals surface area (Å²) in [6, 6.07) is 25.0. The minimum absolute atomic E-state index is 0. The van der Waals surface area contributed by atoms with Crippen molar-refractivity contribution in [3.8, 4) is 0 Å². The summed E-state index contributed by atoms with van der Waals surface area (Å²) in [4.78, 5) is 0. The molecule has 6 radical (unpaired) electrons. The molecule has 0 spiro atoms. The number of rotatable bonds is 0. The van der Waals surface area contributed by atoms with E-state index in [1.54, 1.807) is 0 Å². The molecule has 0 aromatic heterocycles. The van der Waals surface area contributed by atoms with E-state index < -0.39 is 0 Å². The summed E-state index contributed by atoms with van der Waals surface area (Å²) in [5, 5.41) is 0. The van der Waals surface area contributed by atoms with Gasteiger partial charge in [0.05, 0.1) is 0 Å². The van der Waals surface area contributed by atoms with Gasteiger partial charge in [0.15, 0.2) is 0 Å². The molecule has 0 bridgehead atoms. The van der Waals surface area contributed by atoms with Crippen molar-refractivity contribution in [2.75, 3.05) is 0 Å². The average Bonchev–Trinajstić information content (AvgIpc) is 2.24. The molecule has 0 aliphatic rings. The summed E-state index contributed by atoms with van der Waals surface area (Å²) >= 11 is 0. The molecule has 0 atom stereocenters. The average molecular weight is 727 g/mol. The molecule has 102 valence electrons. The van der Waals surface area contributed by atoms with Gasteiger partial charge in [0.25, 0.3) is 0 Å². The van der Waals surface area contributed by atoms with E-state index in [9.17, 15) is 0 Å². The summed E-state index contributed by atoms with van der Waals surface area (Å²) in [6.07, 6.45) is 0. The van der Waals surface area contributed by atoms with E-state index in [1.807, 2.05) is 60.7 Å². The first-order chi connectivity index (χ1) is 6.00. The van der Waals surface area contributed by atoms with E-state index >= 15 is 0 Å². The van der Waals surface area contributed by atoms with Crippen LogP contribution >= 0.6 is 0 Å². The number of benzene rings is 2. The van der Waals surface area contributed by atoms with Crippen LogP contribution < -0.4 is 67.9 Å². The molecule has 0 heterocycles. The molecule has 2 rings (SSSR count). The molecule has 0 saturated heterocycles. The van der Waals surface area contributed by atoms with Crippen molar-refractivity contribution in [2.45, 2.75) is 7.43 Å². The van der Waals surface area contributed by atoms with E-state index in [1.165, 1.54) is 0 Å². The van der Waals surface area contributed by atoms with Crippen molar-refractivity contribution < 1.29 is 67.9 Å². The van der Waals surface area contributed by atoms with Crippen LogP contribution in [0.3, 0.4) is 0 Å². The van der Waals surface area contributed by atoms with Crippen molar-refractivity contribution in [1.29, 1.82) is 0 Å². The fourth-order valence-electron chi connectivity index (χ4n) is 0.684. The fourth-order valence-corrected chi connectivity index (χ4v) is 0.684. The summed E-state index contributed by atoms with van der Waals surface area (Å²) < 4.78 is 0. The Bertz CT molecular complexity index is 198. The molecule has 0 amide bonds. The van der Waals surface area contributed by atoms with Gasteiger partial charge in [0.2, 0.25) is 0 Å². The van der Waals surface area contributed by atoms with Crippen LogP contribution in [0.25, 0.3) is 0 Å². The van der Waals surface area contributed by atoms with Crippen LogP contribution in [0.4, 0.5) is 0 Å². The summed E-state index contributed by atoms with van der Waals surface area (Å²) in [6.45, 7) is 0. The Balaban J connectivity index is -0.0000000222. The van der Waals surface area contributed by atoms with Gasteiger partial charge < -0.3 is 67.9 Å². The second-order valence-electron chi connectivity index (χ2n) is 2.15. The van der Waals surface area contributed by atoms with Crippen LogP contribution in [0.15, 0.2) is 60.7 Å². The molecule has 0 nitrogen and oxygen atoms in total. The van der Waals surface area contributed by atoms with Gasteiger partial charge in [0, 0.05) is 0 Å². The quantitative estimate of drug-likeness (QED) is 0.237. The van der Waals surface area contributed by atoms with Crippen LogP contribution in [-0.4, -0.2) is 47.8 Å². The molecular weight excluding hydrogens is 713 g/mol. The maximum atomic E-state index is 2.89. The maximum absolute atomic E-state index is 2.89. The number of hydrogen-bond acceptors (Lipinski definition) is 0. The monoisotopic (exact) mass is 726 g/mol. The first-order valence-electron chi connectivity index (χ1n) is 3.82. The molecule has 6 heteroatoms. The van der Waals surface area contributed by atoms with Crippen LogP contribution in [0.1, 0.15) is 7.43 Å². The Morgan fingerprint density at radius 3 is 0.684 bits per heavy atom. The topological polar surface area (TPSA) is 0 Å². The van der Waals surface area contributed by atoms with Gasteiger partial charge in [-0.2, -0.15) is 0 Å². The minimum Gasteiger partial charge on any atom is -1.00 e. The van der Waals surface area contributed by atoms with Gasteiger partial charge in [-0.25, -0.2) is 0 Å². The van der Waals surface area contributed by atoms with Crippen molar-refractivity contribution >= 4 is 47.8 Å². The predicted octanol–water partition coefficient (Wildman–Crippen LogP) is -9.14. The van der Waals surface area contributed by atoms with Crippen LogP contribution in [0.5, 0.6) is 0 Å². The number of halogens is 4. The Morgan fingerprint density at radius 2 is 0.632 bits per heavy atom. The Morgan fingerprint density at radius 1 is 0.421 bits per heavy atom. The molecule has 2 aromatic carbocycles. The molecule has 0 saturated carbocycles. The summed E-state index contributed by atoms with van der Waals surface area (Å²) in [5.41, 5.74) is 0. The van der Waals surface area contributed by atoms with Gasteiger partial charge >= 0.3 is 47.8 Å². The molecule has 0 aliphatic heterocycles. The smallest absolute Gasteiger partial charge is 1.00 e. The van der Waals surface area contributed by atoms with Gasteiger partial charge in [-0.1, -0.05) is 68.1 Å². The van der Waals surface area contributed by atoms with Gasteiger partial charge in [-0.05, 0) is 12.1 Å². The van der Waals surface area contributed by atoms with Crippen molar-refractivity contribution in [3.63, 3.8) is 0 Å². The van der Waals surface area contributed by atoms with Crippen molar-refractivity contribution in [2.24, 2.45) is 0 Å². The predicted molar refractivity (Wildman–Crippen MR) is 68.8 cm³/mol. The van der Waals surface area contributed by atoms with Gasteiger partial charge in [-0.3, -0.25) is 0 Å². The summed E-state index contributed by atoms with van der Waals surface area (Å²) in [7, 11) is 0. The first kappa shape index (κ1) is 42.8. The molecular formula is C13H14Br4Sn2. The third-order valence-electron chi connectivity index (χ3n) is 1.21. The Labute approximate surface area is 193 Å². The standard InChI is InChI=1S/2C6H5.CH4.4BrH.2Sn/c2*1-2-4-6-5-3-1;;;;;;;/h2*1-5H;1H4;4*1H;;/q;;;;;;;2*+2/p-4. The Hall–Kier alpha value is 1.96. The van der Waals surface area contributed by atoms with Crippen molar-refractivity contribution in [3.05, 3.63) is 72.8 Å². The molecule has 2 aromatic rings. The van der Waals surface area contributed by atoms with Crippen LogP contribution in [-0.2, 0) is 0 Å². The van der Waals surface area contributed by atoms with Gasteiger partial charge in [0.1, 0.15) is 0 Å². The van der Waals surface area contributed by atoms with E-state index in [2.05, 4.69) is 12.1 Å². The third-order valence-corrected chi connectivity index (χ3v) is 1.21. The third kappa shape index (κ3) is 33.0. The first-order valence-corrected chi connectivity index (χ1v) is 3.82. The Kier molecular flexibility index (Phi) is 83.0. The minimum atomic E-state index is 0. The van der Waals surface area contributed by atoms with E-state index in [0.29, 0.717) is 0 Å². The molecule has 0 aliphatic carbocycles. The van der Waals surface area contributed by atoms with Crippen molar-refractivity contribution in [1.82, 2.24) is 0 Å². The zero-order valence-electron chi connectivity index (χ0n) is 9.29. The van der Waals surface area contributed by atoms with Crippen LogP contribution in [0, 0.1) is 12.1 Å². The van der Waals surface area contributed by atoms with E-state index in [-0.39, 0.29) is 123 Å². The summed E-state index contributed by atoms with van der Waals surface area (Å²) in [5.74, 6) is 0. The molecule has 0 unspecified atom stereocenters.